The molecule has 0 N–H and O–H groups in total. The number of hydrogen-bond donors (Lipinski definition) is 0. The molecule has 4 heteroatoms. The Hall–Kier alpha value is -1.13. The van der Waals surface area contributed by atoms with Gasteiger partial charge in [-0.25, -0.2) is 0 Å². The lowest BCUT2D eigenvalue weighted by Crippen LogP contribution is -2.50. The standard InChI is InChI=1S/C19H28N2O2/c1-2-18(12-20-8-1)23-15-17-14-22-11-7-19(17)5-9-21(10-6-19)13-16-3-4-16/h1-2,8,12,16-17H,3-7,9-11,13-15H2/t17-/m1/s1. The summed E-state index contributed by atoms with van der Waals surface area (Å²) in [6.45, 7) is 6.40. The molecule has 3 fully saturated rings. The van der Waals surface area contributed by atoms with Gasteiger partial charge in [-0.15, -0.1) is 0 Å². The third kappa shape index (κ3) is 3.69. The lowest BCUT2D eigenvalue weighted by Gasteiger charge is -2.49. The summed E-state index contributed by atoms with van der Waals surface area (Å²) in [6.07, 6.45) is 10.3. The van der Waals surface area contributed by atoms with Crippen molar-refractivity contribution in [3.05, 3.63) is 24.5 Å². The van der Waals surface area contributed by atoms with Gasteiger partial charge < -0.3 is 14.4 Å². The first kappa shape index (κ1) is 15.4. The molecule has 0 bridgehead atoms. The van der Waals surface area contributed by atoms with E-state index in [-0.39, 0.29) is 0 Å². The normalized spacial score (nSPS) is 27.9. The van der Waals surface area contributed by atoms with Crippen molar-refractivity contribution in [2.24, 2.45) is 17.3 Å². The van der Waals surface area contributed by atoms with Gasteiger partial charge in [0, 0.05) is 25.3 Å². The van der Waals surface area contributed by atoms with E-state index in [9.17, 15) is 0 Å². The minimum absolute atomic E-state index is 0.431. The number of rotatable bonds is 5. The van der Waals surface area contributed by atoms with Gasteiger partial charge in [-0.05, 0) is 68.7 Å². The quantitative estimate of drug-likeness (QED) is 0.836. The molecule has 2 aliphatic heterocycles. The Morgan fingerprint density at radius 3 is 2.87 bits per heavy atom. The fourth-order valence-corrected chi connectivity index (χ4v) is 4.24. The van der Waals surface area contributed by atoms with Gasteiger partial charge >= 0.3 is 0 Å². The summed E-state index contributed by atoms with van der Waals surface area (Å²) in [7, 11) is 0. The molecular formula is C19H28N2O2. The van der Waals surface area contributed by atoms with E-state index in [1.807, 2.05) is 12.1 Å². The number of piperidine rings is 1. The Balaban J connectivity index is 1.35. The average Bonchev–Trinajstić information content (AvgIpc) is 3.41. The van der Waals surface area contributed by atoms with Crippen LogP contribution in [0, 0.1) is 17.3 Å². The van der Waals surface area contributed by atoms with E-state index in [1.165, 1.54) is 51.7 Å². The molecule has 0 unspecified atom stereocenters. The van der Waals surface area contributed by atoms with Crippen molar-refractivity contribution in [3.63, 3.8) is 0 Å². The maximum atomic E-state index is 6.02. The van der Waals surface area contributed by atoms with E-state index >= 15 is 0 Å². The average molecular weight is 316 g/mol. The van der Waals surface area contributed by atoms with Gasteiger partial charge in [-0.1, -0.05) is 0 Å². The highest BCUT2D eigenvalue weighted by Crippen LogP contribution is 2.45. The zero-order chi connectivity index (χ0) is 15.5. The number of hydrogen-bond acceptors (Lipinski definition) is 4. The Morgan fingerprint density at radius 2 is 2.13 bits per heavy atom. The first-order chi connectivity index (χ1) is 11.3. The van der Waals surface area contributed by atoms with E-state index in [0.29, 0.717) is 11.3 Å². The highest BCUT2D eigenvalue weighted by atomic mass is 16.5. The van der Waals surface area contributed by atoms with Crippen LogP contribution in [0.1, 0.15) is 32.1 Å². The van der Waals surface area contributed by atoms with Gasteiger partial charge in [0.15, 0.2) is 0 Å². The number of nitrogens with zero attached hydrogens (tertiary/aromatic N) is 2. The largest absolute Gasteiger partial charge is 0.492 e. The second-order valence-corrected chi connectivity index (χ2v) is 7.63. The summed E-state index contributed by atoms with van der Waals surface area (Å²) in [6, 6.07) is 3.92. The van der Waals surface area contributed by atoms with Crippen LogP contribution in [0.25, 0.3) is 0 Å². The maximum absolute atomic E-state index is 6.02. The molecule has 4 rings (SSSR count). The zero-order valence-electron chi connectivity index (χ0n) is 14.0. The first-order valence-corrected chi connectivity index (χ1v) is 9.17. The zero-order valence-corrected chi connectivity index (χ0v) is 14.0. The van der Waals surface area contributed by atoms with E-state index < -0.39 is 0 Å². The number of pyridine rings is 1. The molecule has 3 aliphatic rings. The predicted octanol–water partition coefficient (Wildman–Crippen LogP) is 2.99. The van der Waals surface area contributed by atoms with Crippen molar-refractivity contribution in [2.45, 2.75) is 32.1 Å². The van der Waals surface area contributed by atoms with Crippen LogP contribution in [0.4, 0.5) is 0 Å². The third-order valence-corrected chi connectivity index (χ3v) is 6.08. The second-order valence-electron chi connectivity index (χ2n) is 7.63. The monoisotopic (exact) mass is 316 g/mol. The highest BCUT2D eigenvalue weighted by Gasteiger charge is 2.44. The minimum atomic E-state index is 0.431. The molecule has 0 aromatic carbocycles. The van der Waals surface area contributed by atoms with Crippen molar-refractivity contribution in [1.82, 2.24) is 9.88 Å². The number of aromatic nitrogens is 1. The van der Waals surface area contributed by atoms with Crippen molar-refractivity contribution in [3.8, 4) is 5.75 Å². The van der Waals surface area contributed by atoms with Crippen LogP contribution in [-0.2, 0) is 4.74 Å². The number of ether oxygens (including phenoxy) is 2. The molecule has 126 valence electrons. The highest BCUT2D eigenvalue weighted by molar-refractivity contribution is 5.15. The van der Waals surface area contributed by atoms with E-state index in [1.54, 1.807) is 12.4 Å². The van der Waals surface area contributed by atoms with E-state index in [4.69, 9.17) is 9.47 Å². The molecule has 1 aromatic rings. The summed E-state index contributed by atoms with van der Waals surface area (Å²) in [4.78, 5) is 6.82. The summed E-state index contributed by atoms with van der Waals surface area (Å²) in [5.74, 6) is 2.39. The molecule has 1 spiro atoms. The summed E-state index contributed by atoms with van der Waals surface area (Å²) in [5.41, 5.74) is 0.431. The van der Waals surface area contributed by atoms with Crippen LogP contribution >= 0.6 is 0 Å². The summed E-state index contributed by atoms with van der Waals surface area (Å²) >= 11 is 0. The van der Waals surface area contributed by atoms with Gasteiger partial charge in [0.05, 0.1) is 19.4 Å². The fourth-order valence-electron chi connectivity index (χ4n) is 4.24. The SMILES string of the molecule is c1cncc(OC[C@H]2COCCC23CCN(CC2CC2)CC3)c1. The number of likely N-dealkylation sites (tertiary alicyclic amines) is 1. The second kappa shape index (κ2) is 6.78. The van der Waals surface area contributed by atoms with Crippen molar-refractivity contribution < 1.29 is 9.47 Å². The van der Waals surface area contributed by atoms with Crippen LogP contribution in [0.15, 0.2) is 24.5 Å². The molecule has 3 heterocycles. The van der Waals surface area contributed by atoms with Crippen LogP contribution in [0.5, 0.6) is 5.75 Å². The molecule has 4 nitrogen and oxygen atoms in total. The maximum Gasteiger partial charge on any atom is 0.137 e. The van der Waals surface area contributed by atoms with Crippen LogP contribution in [0.2, 0.25) is 0 Å². The lowest BCUT2D eigenvalue weighted by atomic mass is 9.66. The van der Waals surface area contributed by atoms with Crippen LogP contribution in [0.3, 0.4) is 0 Å². The van der Waals surface area contributed by atoms with Gasteiger partial charge in [0.2, 0.25) is 0 Å². The van der Waals surface area contributed by atoms with Gasteiger partial charge in [-0.2, -0.15) is 0 Å². The summed E-state index contributed by atoms with van der Waals surface area (Å²) < 4.78 is 11.8. The van der Waals surface area contributed by atoms with Crippen LogP contribution in [-0.4, -0.2) is 49.3 Å². The van der Waals surface area contributed by atoms with Crippen molar-refractivity contribution >= 4 is 0 Å². The molecule has 23 heavy (non-hydrogen) atoms. The molecule has 2 saturated heterocycles. The molecule has 0 radical (unpaired) electrons. The molecule has 1 atom stereocenters. The van der Waals surface area contributed by atoms with Gasteiger partial charge in [0.25, 0.3) is 0 Å². The fraction of sp³-hybridized carbons (Fsp3) is 0.737. The smallest absolute Gasteiger partial charge is 0.137 e. The Bertz CT molecular complexity index is 495. The van der Waals surface area contributed by atoms with Crippen LogP contribution < -0.4 is 4.74 Å². The summed E-state index contributed by atoms with van der Waals surface area (Å²) in [5, 5.41) is 0. The topological polar surface area (TPSA) is 34.6 Å². The van der Waals surface area contributed by atoms with Gasteiger partial charge in [0.1, 0.15) is 5.75 Å². The Morgan fingerprint density at radius 1 is 1.26 bits per heavy atom. The molecule has 1 aromatic heterocycles. The minimum Gasteiger partial charge on any atom is -0.492 e. The molecule has 1 aliphatic carbocycles. The third-order valence-electron chi connectivity index (χ3n) is 6.08. The lowest BCUT2D eigenvalue weighted by molar-refractivity contribution is -0.0858. The van der Waals surface area contributed by atoms with E-state index in [2.05, 4.69) is 9.88 Å². The first-order valence-electron chi connectivity index (χ1n) is 9.17. The molecular weight excluding hydrogens is 288 g/mol. The van der Waals surface area contributed by atoms with E-state index in [0.717, 1.165) is 31.5 Å². The van der Waals surface area contributed by atoms with Gasteiger partial charge in [-0.3, -0.25) is 4.98 Å². The molecule has 0 amide bonds. The Labute approximate surface area is 139 Å². The molecule has 1 saturated carbocycles. The van der Waals surface area contributed by atoms with Crippen molar-refractivity contribution in [2.75, 3.05) is 39.5 Å². The Kier molecular flexibility index (Phi) is 4.54. The van der Waals surface area contributed by atoms with Crippen molar-refractivity contribution in [1.29, 1.82) is 0 Å². The predicted molar refractivity (Wildman–Crippen MR) is 89.5 cm³/mol.